The maximum Gasteiger partial charge on any atom is 0.123 e. The van der Waals surface area contributed by atoms with Gasteiger partial charge in [0.15, 0.2) is 0 Å². The molecule has 1 aliphatic rings. The van der Waals surface area contributed by atoms with E-state index >= 15 is 0 Å². The van der Waals surface area contributed by atoms with Crippen molar-refractivity contribution in [2.75, 3.05) is 19.6 Å². The Hall–Kier alpha value is -0.640. The van der Waals surface area contributed by atoms with Crippen molar-refractivity contribution in [3.8, 4) is 0 Å². The van der Waals surface area contributed by atoms with E-state index in [4.69, 9.17) is 11.6 Å². The Kier molecular flexibility index (Phi) is 5.61. The maximum atomic E-state index is 13.3. The maximum absolute atomic E-state index is 13.3. The van der Waals surface area contributed by atoms with Gasteiger partial charge in [0.25, 0.3) is 0 Å². The van der Waals surface area contributed by atoms with Crippen LogP contribution in [0.25, 0.3) is 0 Å². The van der Waals surface area contributed by atoms with Crippen molar-refractivity contribution in [3.63, 3.8) is 0 Å². The highest BCUT2D eigenvalue weighted by Crippen LogP contribution is 2.22. The van der Waals surface area contributed by atoms with E-state index in [1.807, 2.05) is 0 Å². The summed E-state index contributed by atoms with van der Waals surface area (Å²) >= 11 is 6.17. The Balaban J connectivity index is 2.08. The summed E-state index contributed by atoms with van der Waals surface area (Å²) in [7, 11) is 0. The van der Waals surface area contributed by atoms with Gasteiger partial charge in [-0.15, -0.1) is 0 Å². The van der Waals surface area contributed by atoms with Crippen molar-refractivity contribution in [2.45, 2.75) is 38.8 Å². The van der Waals surface area contributed by atoms with Gasteiger partial charge in [0.05, 0.1) is 0 Å². The van der Waals surface area contributed by atoms with Gasteiger partial charge in [0.1, 0.15) is 5.82 Å². The van der Waals surface area contributed by atoms with Crippen LogP contribution in [0.5, 0.6) is 0 Å². The summed E-state index contributed by atoms with van der Waals surface area (Å²) in [5.41, 5.74) is 0.897. The fourth-order valence-electron chi connectivity index (χ4n) is 2.73. The van der Waals surface area contributed by atoms with Crippen molar-refractivity contribution in [3.05, 3.63) is 34.6 Å². The van der Waals surface area contributed by atoms with E-state index in [1.165, 1.54) is 6.07 Å². The van der Waals surface area contributed by atoms with Crippen LogP contribution < -0.4 is 5.32 Å². The highest BCUT2D eigenvalue weighted by atomic mass is 35.5. The van der Waals surface area contributed by atoms with Gasteiger partial charge in [0.2, 0.25) is 0 Å². The first kappa shape index (κ1) is 14.8. The summed E-state index contributed by atoms with van der Waals surface area (Å²) in [5.74, 6) is -0.207. The third-order valence-corrected chi connectivity index (χ3v) is 4.09. The third-order valence-electron chi connectivity index (χ3n) is 3.72. The number of nitrogens with one attached hydrogen (secondary N) is 1. The summed E-state index contributed by atoms with van der Waals surface area (Å²) in [6.45, 7) is 6.11. The SMILES string of the molecule is CCCN(Cc1cc(F)ccc1Cl)C1CCNCC1. The number of nitrogens with zero attached hydrogens (tertiary/aromatic N) is 1. The lowest BCUT2D eigenvalue weighted by atomic mass is 10.0. The van der Waals surface area contributed by atoms with Gasteiger partial charge >= 0.3 is 0 Å². The number of rotatable bonds is 5. The first-order valence-electron chi connectivity index (χ1n) is 7.09. The van der Waals surface area contributed by atoms with Crippen molar-refractivity contribution in [1.29, 1.82) is 0 Å². The standard InChI is InChI=1S/C15H22ClFN2/c1-2-9-19(14-5-7-18-8-6-14)11-12-10-13(17)3-4-15(12)16/h3-4,10,14,18H,2,5-9,11H2,1H3. The Bertz CT molecular complexity index is 405. The molecule has 2 nitrogen and oxygen atoms in total. The minimum atomic E-state index is -0.207. The predicted molar refractivity (Wildman–Crippen MR) is 78.0 cm³/mol. The summed E-state index contributed by atoms with van der Waals surface area (Å²) in [6.07, 6.45) is 3.43. The number of halogens is 2. The lowest BCUT2D eigenvalue weighted by Gasteiger charge is -2.34. The van der Waals surface area contributed by atoms with Gasteiger partial charge in [-0.05, 0) is 62.7 Å². The molecule has 4 heteroatoms. The van der Waals surface area contributed by atoms with Crippen LogP contribution in [0.4, 0.5) is 4.39 Å². The average molecular weight is 285 g/mol. The van der Waals surface area contributed by atoms with E-state index in [0.717, 1.165) is 51.0 Å². The monoisotopic (exact) mass is 284 g/mol. The smallest absolute Gasteiger partial charge is 0.123 e. The summed E-state index contributed by atoms with van der Waals surface area (Å²) in [6, 6.07) is 5.21. The number of hydrogen-bond acceptors (Lipinski definition) is 2. The van der Waals surface area contributed by atoms with Crippen LogP contribution >= 0.6 is 11.6 Å². The Morgan fingerprint density at radius 3 is 2.79 bits per heavy atom. The van der Waals surface area contributed by atoms with E-state index in [1.54, 1.807) is 12.1 Å². The number of hydrogen-bond donors (Lipinski definition) is 1. The summed E-state index contributed by atoms with van der Waals surface area (Å²) < 4.78 is 13.3. The normalized spacial score (nSPS) is 17.1. The Labute approximate surface area is 119 Å². The van der Waals surface area contributed by atoms with Crippen molar-refractivity contribution < 1.29 is 4.39 Å². The molecule has 0 aliphatic carbocycles. The zero-order valence-electron chi connectivity index (χ0n) is 11.5. The zero-order valence-corrected chi connectivity index (χ0v) is 12.2. The van der Waals surface area contributed by atoms with Crippen LogP contribution in [-0.2, 0) is 6.54 Å². The van der Waals surface area contributed by atoms with Crippen LogP contribution in [0.2, 0.25) is 5.02 Å². The van der Waals surface area contributed by atoms with E-state index in [0.29, 0.717) is 11.1 Å². The second-order valence-corrected chi connectivity index (χ2v) is 5.59. The minimum absolute atomic E-state index is 0.207. The van der Waals surface area contributed by atoms with Crippen molar-refractivity contribution in [1.82, 2.24) is 10.2 Å². The predicted octanol–water partition coefficient (Wildman–Crippen LogP) is 3.44. The first-order valence-corrected chi connectivity index (χ1v) is 7.47. The fraction of sp³-hybridized carbons (Fsp3) is 0.600. The molecule has 1 heterocycles. The summed E-state index contributed by atoms with van der Waals surface area (Å²) in [5, 5.41) is 4.05. The molecule has 0 amide bonds. The quantitative estimate of drug-likeness (QED) is 0.891. The molecule has 0 unspecified atom stereocenters. The molecule has 0 spiro atoms. The molecule has 106 valence electrons. The van der Waals surface area contributed by atoms with Crippen LogP contribution in [-0.4, -0.2) is 30.6 Å². The van der Waals surface area contributed by atoms with Crippen LogP contribution in [0.1, 0.15) is 31.7 Å². The molecule has 1 N–H and O–H groups in total. The van der Waals surface area contributed by atoms with Gasteiger partial charge in [-0.25, -0.2) is 4.39 Å². The van der Waals surface area contributed by atoms with Gasteiger partial charge < -0.3 is 5.32 Å². The van der Waals surface area contributed by atoms with Gasteiger partial charge in [0, 0.05) is 17.6 Å². The first-order chi connectivity index (χ1) is 9.20. The van der Waals surface area contributed by atoms with Crippen LogP contribution in [0, 0.1) is 5.82 Å². The second-order valence-electron chi connectivity index (χ2n) is 5.19. The molecule has 0 radical (unpaired) electrons. The Morgan fingerprint density at radius 2 is 2.11 bits per heavy atom. The van der Waals surface area contributed by atoms with E-state index < -0.39 is 0 Å². The van der Waals surface area contributed by atoms with Gasteiger partial charge in [-0.1, -0.05) is 18.5 Å². The van der Waals surface area contributed by atoms with Crippen LogP contribution in [0.15, 0.2) is 18.2 Å². The molecule has 2 rings (SSSR count). The molecule has 19 heavy (non-hydrogen) atoms. The minimum Gasteiger partial charge on any atom is -0.317 e. The molecule has 0 bridgehead atoms. The zero-order chi connectivity index (χ0) is 13.7. The van der Waals surface area contributed by atoms with E-state index in [-0.39, 0.29) is 5.82 Å². The average Bonchev–Trinajstić information content (AvgIpc) is 2.43. The largest absolute Gasteiger partial charge is 0.317 e. The van der Waals surface area contributed by atoms with Crippen LogP contribution in [0.3, 0.4) is 0 Å². The highest BCUT2D eigenvalue weighted by Gasteiger charge is 2.21. The molecule has 1 saturated heterocycles. The van der Waals surface area contributed by atoms with Crippen molar-refractivity contribution in [2.24, 2.45) is 0 Å². The topological polar surface area (TPSA) is 15.3 Å². The summed E-state index contributed by atoms with van der Waals surface area (Å²) in [4.78, 5) is 2.45. The van der Waals surface area contributed by atoms with Crippen molar-refractivity contribution >= 4 is 11.6 Å². The molecule has 1 aliphatic heterocycles. The number of piperidine rings is 1. The molecular weight excluding hydrogens is 263 g/mol. The van der Waals surface area contributed by atoms with Gasteiger partial charge in [-0.3, -0.25) is 4.90 Å². The van der Waals surface area contributed by atoms with Gasteiger partial charge in [-0.2, -0.15) is 0 Å². The Morgan fingerprint density at radius 1 is 1.37 bits per heavy atom. The molecule has 1 aromatic carbocycles. The van der Waals surface area contributed by atoms with E-state index in [9.17, 15) is 4.39 Å². The fourth-order valence-corrected chi connectivity index (χ4v) is 2.91. The second kappa shape index (κ2) is 7.22. The lowest BCUT2D eigenvalue weighted by molar-refractivity contribution is 0.154. The third kappa shape index (κ3) is 4.16. The number of benzene rings is 1. The molecule has 0 aromatic heterocycles. The molecule has 0 atom stereocenters. The van der Waals surface area contributed by atoms with E-state index in [2.05, 4.69) is 17.1 Å². The molecule has 1 aromatic rings. The highest BCUT2D eigenvalue weighted by molar-refractivity contribution is 6.31. The molecule has 1 fully saturated rings. The molecule has 0 saturated carbocycles. The lowest BCUT2D eigenvalue weighted by Crippen LogP contribution is -2.43. The molecular formula is C15H22ClFN2.